The van der Waals surface area contributed by atoms with Crippen LogP contribution in [-0.4, -0.2) is 34.6 Å². The number of anilines is 1. The van der Waals surface area contributed by atoms with Gasteiger partial charge in [0.25, 0.3) is 15.6 Å². The minimum atomic E-state index is -3.80. The summed E-state index contributed by atoms with van der Waals surface area (Å²) in [5.74, 6) is 0. The number of aryl methyl sites for hydroxylation is 2. The van der Waals surface area contributed by atoms with Crippen LogP contribution in [0.3, 0.4) is 0 Å². The summed E-state index contributed by atoms with van der Waals surface area (Å²) < 4.78 is 30.2. The summed E-state index contributed by atoms with van der Waals surface area (Å²) in [6, 6.07) is 9.84. The summed E-state index contributed by atoms with van der Waals surface area (Å²) in [5, 5.41) is 11.8. The average Bonchev–Trinajstić information content (AvgIpc) is 3.39. The van der Waals surface area contributed by atoms with Crippen LogP contribution in [0.2, 0.25) is 0 Å². The number of sulfonamides is 1. The van der Waals surface area contributed by atoms with E-state index >= 15 is 0 Å². The second-order valence-electron chi connectivity index (χ2n) is 7.82. The molecule has 4 rings (SSSR count). The Kier molecular flexibility index (Phi) is 7.06. The number of aromatic amines is 1. The predicted octanol–water partition coefficient (Wildman–Crippen LogP) is 4.82. The van der Waals surface area contributed by atoms with Gasteiger partial charge in [-0.05, 0) is 74.7 Å². The highest BCUT2D eigenvalue weighted by atomic mass is 79.9. The number of hydrogen-bond acceptors (Lipinski definition) is 7. The van der Waals surface area contributed by atoms with Crippen molar-refractivity contribution in [1.82, 2.24) is 20.0 Å². The lowest BCUT2D eigenvalue weighted by Gasteiger charge is -2.10. The number of benzene rings is 2. The van der Waals surface area contributed by atoms with Crippen molar-refractivity contribution < 1.29 is 8.42 Å². The van der Waals surface area contributed by atoms with Gasteiger partial charge in [-0.2, -0.15) is 0 Å². The van der Waals surface area contributed by atoms with E-state index in [9.17, 15) is 13.2 Å². The summed E-state index contributed by atoms with van der Waals surface area (Å²) in [6.45, 7) is 7.68. The molecule has 0 aliphatic carbocycles. The maximum absolute atomic E-state index is 13.1. The van der Waals surface area contributed by atoms with Gasteiger partial charge < -0.3 is 0 Å². The van der Waals surface area contributed by atoms with E-state index < -0.39 is 10.0 Å². The summed E-state index contributed by atoms with van der Waals surface area (Å²) >= 11 is 4.71. The molecule has 0 aliphatic rings. The Morgan fingerprint density at radius 1 is 1.11 bits per heavy atom. The number of halogens is 1. The zero-order valence-corrected chi connectivity index (χ0v) is 22.7. The SMILES string of the molecule is CCc1nnc(NS(=O)(=O)c2ccc(N=Cc3c(C)[nH]n(-c4ccc(Br)c(C)c4C)c3=O)cc2)s1. The molecule has 0 bridgehead atoms. The number of nitrogens with one attached hydrogen (secondary N) is 2. The summed E-state index contributed by atoms with van der Waals surface area (Å²) in [4.78, 5) is 17.5. The Bertz CT molecular complexity index is 1580. The van der Waals surface area contributed by atoms with Gasteiger partial charge in [0.2, 0.25) is 5.13 Å². The number of rotatable bonds is 7. The van der Waals surface area contributed by atoms with Crippen LogP contribution < -0.4 is 10.3 Å². The highest BCUT2D eigenvalue weighted by molar-refractivity contribution is 9.10. The Hall–Kier alpha value is -3.09. The van der Waals surface area contributed by atoms with E-state index in [1.165, 1.54) is 34.4 Å². The topological polar surface area (TPSA) is 122 Å². The summed E-state index contributed by atoms with van der Waals surface area (Å²) in [5.41, 5.74) is 4.19. The summed E-state index contributed by atoms with van der Waals surface area (Å²) in [6.07, 6.45) is 2.17. The Morgan fingerprint density at radius 3 is 2.49 bits per heavy atom. The van der Waals surface area contributed by atoms with Crippen molar-refractivity contribution in [2.45, 2.75) is 39.0 Å². The minimum Gasteiger partial charge on any atom is -0.295 e. The lowest BCUT2D eigenvalue weighted by atomic mass is 10.1. The molecule has 4 aromatic rings. The molecule has 2 heterocycles. The lowest BCUT2D eigenvalue weighted by molar-refractivity contribution is 0.601. The first kappa shape index (κ1) is 25.0. The second kappa shape index (κ2) is 9.88. The van der Waals surface area contributed by atoms with Gasteiger partial charge in [-0.25, -0.2) is 13.1 Å². The standard InChI is InChI=1S/C23H23BrN6O3S2/c1-5-21-26-27-23(34-21)29-35(32,33)17-8-6-16(7-9-17)25-12-18-15(4)28-30(22(18)31)20-11-10-19(24)13(2)14(20)3/h6-12,28H,5H2,1-4H3,(H,27,29). The highest BCUT2D eigenvalue weighted by Crippen LogP contribution is 2.25. The molecule has 0 atom stereocenters. The minimum absolute atomic E-state index is 0.0750. The molecular weight excluding hydrogens is 552 g/mol. The Morgan fingerprint density at radius 2 is 1.83 bits per heavy atom. The van der Waals surface area contributed by atoms with Crippen LogP contribution in [0.25, 0.3) is 5.69 Å². The van der Waals surface area contributed by atoms with Crippen molar-refractivity contribution >= 4 is 54.3 Å². The van der Waals surface area contributed by atoms with Crippen molar-refractivity contribution in [3.8, 4) is 5.69 Å². The van der Waals surface area contributed by atoms with E-state index in [0.717, 1.165) is 26.3 Å². The zero-order chi connectivity index (χ0) is 25.3. The molecular formula is C23H23BrN6O3S2. The van der Waals surface area contributed by atoms with E-state index in [-0.39, 0.29) is 15.6 Å². The monoisotopic (exact) mass is 574 g/mol. The van der Waals surface area contributed by atoms with Gasteiger partial charge in [0.05, 0.1) is 21.8 Å². The van der Waals surface area contributed by atoms with E-state index in [0.29, 0.717) is 23.4 Å². The number of H-pyrrole nitrogens is 1. The third kappa shape index (κ3) is 5.14. The molecule has 0 spiro atoms. The van der Waals surface area contributed by atoms with Gasteiger partial charge in [0.15, 0.2) is 0 Å². The lowest BCUT2D eigenvalue weighted by Crippen LogP contribution is -2.18. The van der Waals surface area contributed by atoms with Crippen molar-refractivity contribution in [3.05, 3.63) is 78.6 Å². The van der Waals surface area contributed by atoms with Crippen LogP contribution in [0.15, 0.2) is 55.6 Å². The molecule has 0 saturated heterocycles. The van der Waals surface area contributed by atoms with Crippen LogP contribution >= 0.6 is 27.3 Å². The summed E-state index contributed by atoms with van der Waals surface area (Å²) in [7, 11) is -3.80. The maximum Gasteiger partial charge on any atom is 0.280 e. The molecule has 2 aromatic heterocycles. The molecule has 0 unspecified atom stereocenters. The van der Waals surface area contributed by atoms with Gasteiger partial charge in [0, 0.05) is 16.4 Å². The van der Waals surface area contributed by atoms with E-state index in [4.69, 9.17) is 0 Å². The second-order valence-corrected chi connectivity index (χ2v) is 11.4. The third-order valence-corrected chi connectivity index (χ3v) is 8.86. The fraction of sp³-hybridized carbons (Fsp3) is 0.217. The zero-order valence-electron chi connectivity index (χ0n) is 19.5. The van der Waals surface area contributed by atoms with Crippen LogP contribution in [0.5, 0.6) is 0 Å². The van der Waals surface area contributed by atoms with Gasteiger partial charge in [-0.3, -0.25) is 19.6 Å². The van der Waals surface area contributed by atoms with Crippen molar-refractivity contribution in [3.63, 3.8) is 0 Å². The fourth-order valence-corrected chi connectivity index (χ4v) is 5.70. The molecule has 35 heavy (non-hydrogen) atoms. The van der Waals surface area contributed by atoms with Gasteiger partial charge in [-0.1, -0.05) is 34.2 Å². The Balaban J connectivity index is 1.56. The van der Waals surface area contributed by atoms with Crippen molar-refractivity contribution in [2.24, 2.45) is 4.99 Å². The highest BCUT2D eigenvalue weighted by Gasteiger charge is 2.17. The number of aliphatic imine (C=N–C) groups is 1. The van der Waals surface area contributed by atoms with Crippen LogP contribution in [0.1, 0.15) is 34.3 Å². The molecule has 12 heteroatoms. The third-order valence-electron chi connectivity index (χ3n) is 5.53. The maximum atomic E-state index is 13.1. The Labute approximate surface area is 215 Å². The van der Waals surface area contributed by atoms with E-state index in [1.54, 1.807) is 19.1 Å². The number of aromatic nitrogens is 4. The molecule has 2 N–H and O–H groups in total. The van der Waals surface area contributed by atoms with Crippen molar-refractivity contribution in [2.75, 3.05) is 4.72 Å². The first-order chi connectivity index (χ1) is 16.6. The van der Waals surface area contributed by atoms with E-state index in [2.05, 4.69) is 40.9 Å². The molecule has 0 radical (unpaired) electrons. The number of hydrogen-bond donors (Lipinski definition) is 2. The molecule has 0 amide bonds. The first-order valence-electron chi connectivity index (χ1n) is 10.7. The normalized spacial score (nSPS) is 11.9. The molecule has 0 saturated carbocycles. The van der Waals surface area contributed by atoms with Crippen LogP contribution in [0.4, 0.5) is 10.8 Å². The quantitative estimate of drug-likeness (QED) is 0.306. The van der Waals surface area contributed by atoms with Gasteiger partial charge in [0.1, 0.15) is 5.01 Å². The first-order valence-corrected chi connectivity index (χ1v) is 13.8. The molecule has 2 aromatic carbocycles. The van der Waals surface area contributed by atoms with Gasteiger partial charge in [-0.15, -0.1) is 10.2 Å². The average molecular weight is 576 g/mol. The smallest absolute Gasteiger partial charge is 0.280 e. The predicted molar refractivity (Wildman–Crippen MR) is 142 cm³/mol. The molecule has 0 aliphatic heterocycles. The fourth-order valence-electron chi connectivity index (χ4n) is 3.36. The number of nitrogens with zero attached hydrogens (tertiary/aromatic N) is 4. The van der Waals surface area contributed by atoms with E-state index in [1.807, 2.05) is 32.9 Å². The van der Waals surface area contributed by atoms with Crippen molar-refractivity contribution in [1.29, 1.82) is 0 Å². The largest absolute Gasteiger partial charge is 0.295 e. The van der Waals surface area contributed by atoms with Gasteiger partial charge >= 0.3 is 0 Å². The van der Waals surface area contributed by atoms with Crippen LogP contribution in [-0.2, 0) is 16.4 Å². The van der Waals surface area contributed by atoms with Crippen LogP contribution in [0, 0.1) is 20.8 Å². The molecule has 182 valence electrons. The molecule has 9 nitrogen and oxygen atoms in total. The molecule has 0 fully saturated rings.